The van der Waals surface area contributed by atoms with Gasteiger partial charge in [-0.15, -0.1) is 0 Å². The second-order valence-electron chi connectivity index (χ2n) is 5.35. The van der Waals surface area contributed by atoms with E-state index >= 15 is 0 Å². The van der Waals surface area contributed by atoms with Crippen molar-refractivity contribution in [3.63, 3.8) is 0 Å². The van der Waals surface area contributed by atoms with Gasteiger partial charge >= 0.3 is 6.09 Å². The quantitative estimate of drug-likeness (QED) is 0.835. The highest BCUT2D eigenvalue weighted by Gasteiger charge is 2.19. The van der Waals surface area contributed by atoms with Crippen LogP contribution in [0.25, 0.3) is 0 Å². The summed E-state index contributed by atoms with van der Waals surface area (Å²) in [6, 6.07) is 9.60. The lowest BCUT2D eigenvalue weighted by Crippen LogP contribution is -2.27. The number of amides is 1. The van der Waals surface area contributed by atoms with Gasteiger partial charge < -0.3 is 4.74 Å². The molecule has 0 bridgehead atoms. The summed E-state index contributed by atoms with van der Waals surface area (Å²) in [5.41, 5.74) is -0.587. The van der Waals surface area contributed by atoms with Gasteiger partial charge in [-0.05, 0) is 32.9 Å². The molecule has 0 aliphatic rings. The second kappa shape index (κ2) is 6.93. The minimum Gasteiger partial charge on any atom is -0.444 e. The van der Waals surface area contributed by atoms with Crippen molar-refractivity contribution >= 4 is 40.6 Å². The molecule has 0 aliphatic heterocycles. The standard InChI is InChI=1S/C15H16N2O3S2/c1-15(2,3)20-14(19)17-13-16-12(11(9-18)22-13)21-10-7-5-4-6-8-10/h4-9H,1-3H3,(H,16,17,19). The monoisotopic (exact) mass is 336 g/mol. The molecule has 1 heterocycles. The number of carbonyl (C=O) groups is 2. The summed E-state index contributed by atoms with van der Waals surface area (Å²) < 4.78 is 5.16. The molecule has 0 unspecified atom stereocenters. The average Bonchev–Trinajstić information content (AvgIpc) is 2.79. The molecule has 0 saturated heterocycles. The SMILES string of the molecule is CC(C)(C)OC(=O)Nc1nc(Sc2ccccc2)c(C=O)s1. The van der Waals surface area contributed by atoms with Gasteiger partial charge in [0.15, 0.2) is 11.4 Å². The number of anilines is 1. The zero-order valence-electron chi connectivity index (χ0n) is 12.5. The summed E-state index contributed by atoms with van der Waals surface area (Å²) in [7, 11) is 0. The van der Waals surface area contributed by atoms with Crippen LogP contribution >= 0.6 is 23.1 Å². The first-order chi connectivity index (χ1) is 10.4. The van der Waals surface area contributed by atoms with Gasteiger partial charge in [-0.25, -0.2) is 9.78 Å². The molecule has 1 aromatic carbocycles. The summed E-state index contributed by atoms with van der Waals surface area (Å²) >= 11 is 2.50. The lowest BCUT2D eigenvalue weighted by Gasteiger charge is -2.18. The molecule has 2 aromatic rings. The van der Waals surface area contributed by atoms with E-state index in [-0.39, 0.29) is 0 Å². The molecule has 0 fully saturated rings. The Bertz CT molecular complexity index is 663. The van der Waals surface area contributed by atoms with Crippen molar-refractivity contribution in [1.82, 2.24) is 4.98 Å². The van der Waals surface area contributed by atoms with Crippen molar-refractivity contribution in [2.75, 3.05) is 5.32 Å². The third-order valence-corrected chi connectivity index (χ3v) is 4.33. The van der Waals surface area contributed by atoms with E-state index < -0.39 is 11.7 Å². The number of nitrogens with zero attached hydrogens (tertiary/aromatic N) is 1. The van der Waals surface area contributed by atoms with Crippen LogP contribution in [0.1, 0.15) is 30.4 Å². The third kappa shape index (κ3) is 4.85. The minimum atomic E-state index is -0.588. The van der Waals surface area contributed by atoms with Crippen LogP contribution in [0.3, 0.4) is 0 Å². The van der Waals surface area contributed by atoms with Gasteiger partial charge in [-0.3, -0.25) is 10.1 Å². The molecule has 1 N–H and O–H groups in total. The zero-order valence-corrected chi connectivity index (χ0v) is 14.1. The smallest absolute Gasteiger partial charge is 0.413 e. The number of hydrogen-bond donors (Lipinski definition) is 1. The Morgan fingerprint density at radius 2 is 2.00 bits per heavy atom. The topological polar surface area (TPSA) is 68.3 Å². The van der Waals surface area contributed by atoms with E-state index in [9.17, 15) is 9.59 Å². The van der Waals surface area contributed by atoms with E-state index in [0.717, 1.165) is 22.5 Å². The van der Waals surface area contributed by atoms with Gasteiger partial charge in [0.1, 0.15) is 15.5 Å². The second-order valence-corrected chi connectivity index (χ2v) is 7.44. The number of hydrogen-bond acceptors (Lipinski definition) is 6. The number of rotatable bonds is 4. The summed E-state index contributed by atoms with van der Waals surface area (Å²) in [4.78, 5) is 28.6. The van der Waals surface area contributed by atoms with Gasteiger partial charge in [0.2, 0.25) is 0 Å². The van der Waals surface area contributed by atoms with Crippen LogP contribution in [-0.4, -0.2) is 23.0 Å². The zero-order chi connectivity index (χ0) is 16.2. The predicted molar refractivity (Wildman–Crippen MR) is 87.9 cm³/mol. The highest BCUT2D eigenvalue weighted by Crippen LogP contribution is 2.34. The Labute approximate surface area is 137 Å². The number of aromatic nitrogens is 1. The number of aldehydes is 1. The Kier molecular flexibility index (Phi) is 5.20. The first-order valence-corrected chi connectivity index (χ1v) is 8.19. The Balaban J connectivity index is 2.11. The summed E-state index contributed by atoms with van der Waals surface area (Å²) in [6.07, 6.45) is 0.151. The summed E-state index contributed by atoms with van der Waals surface area (Å²) in [6.45, 7) is 5.34. The molecule has 116 valence electrons. The molecule has 1 aromatic heterocycles. The normalized spacial score (nSPS) is 11.0. The lowest BCUT2D eigenvalue weighted by atomic mass is 10.2. The molecule has 0 spiro atoms. The number of thiazole rings is 1. The average molecular weight is 336 g/mol. The maximum Gasteiger partial charge on any atom is 0.413 e. The van der Waals surface area contributed by atoms with Crippen molar-refractivity contribution in [2.24, 2.45) is 0 Å². The van der Waals surface area contributed by atoms with Crippen molar-refractivity contribution in [2.45, 2.75) is 36.3 Å². The maximum atomic E-state index is 11.7. The van der Waals surface area contributed by atoms with Crippen LogP contribution < -0.4 is 5.32 Å². The Morgan fingerprint density at radius 3 is 2.59 bits per heavy atom. The molecular formula is C15H16N2O3S2. The van der Waals surface area contributed by atoms with Crippen LogP contribution in [0.2, 0.25) is 0 Å². The number of nitrogens with one attached hydrogen (secondary N) is 1. The molecule has 7 heteroatoms. The molecule has 2 rings (SSSR count). The molecule has 5 nitrogen and oxygen atoms in total. The number of benzene rings is 1. The fourth-order valence-corrected chi connectivity index (χ4v) is 3.28. The Morgan fingerprint density at radius 1 is 1.32 bits per heavy atom. The molecular weight excluding hydrogens is 320 g/mol. The minimum absolute atomic E-state index is 0.342. The molecule has 0 aliphatic carbocycles. The van der Waals surface area contributed by atoms with Gasteiger partial charge in [0, 0.05) is 4.90 Å². The van der Waals surface area contributed by atoms with Gasteiger partial charge in [-0.1, -0.05) is 41.3 Å². The van der Waals surface area contributed by atoms with Crippen molar-refractivity contribution in [3.8, 4) is 0 Å². The van der Waals surface area contributed by atoms with Gasteiger partial charge in [0.25, 0.3) is 0 Å². The summed E-state index contributed by atoms with van der Waals surface area (Å²) in [5, 5.41) is 3.46. The van der Waals surface area contributed by atoms with Crippen LogP contribution in [0.4, 0.5) is 9.93 Å². The molecule has 0 saturated carbocycles. The summed E-state index contributed by atoms with van der Waals surface area (Å²) in [5.74, 6) is 0. The number of ether oxygens (including phenoxy) is 1. The van der Waals surface area contributed by atoms with Crippen LogP contribution in [0.15, 0.2) is 40.3 Å². The van der Waals surface area contributed by atoms with Crippen molar-refractivity contribution in [1.29, 1.82) is 0 Å². The fraction of sp³-hybridized carbons (Fsp3) is 0.267. The van der Waals surface area contributed by atoms with Crippen LogP contribution in [-0.2, 0) is 4.74 Å². The molecule has 0 atom stereocenters. The fourth-order valence-electron chi connectivity index (χ4n) is 1.51. The Hall–Kier alpha value is -1.86. The van der Waals surface area contributed by atoms with Crippen molar-refractivity contribution < 1.29 is 14.3 Å². The van der Waals surface area contributed by atoms with Crippen LogP contribution in [0, 0.1) is 0 Å². The van der Waals surface area contributed by atoms with E-state index in [1.54, 1.807) is 20.8 Å². The van der Waals surface area contributed by atoms with Gasteiger partial charge in [-0.2, -0.15) is 0 Å². The third-order valence-electron chi connectivity index (χ3n) is 2.29. The van der Waals surface area contributed by atoms with E-state index in [4.69, 9.17) is 4.74 Å². The van der Waals surface area contributed by atoms with E-state index in [1.165, 1.54) is 11.8 Å². The first-order valence-electron chi connectivity index (χ1n) is 6.56. The lowest BCUT2D eigenvalue weighted by molar-refractivity contribution is 0.0635. The molecule has 22 heavy (non-hydrogen) atoms. The first kappa shape index (κ1) is 16.5. The largest absolute Gasteiger partial charge is 0.444 e. The highest BCUT2D eigenvalue weighted by molar-refractivity contribution is 7.99. The van der Waals surface area contributed by atoms with E-state index in [2.05, 4.69) is 10.3 Å². The molecule has 1 amide bonds. The predicted octanol–water partition coefficient (Wildman–Crippen LogP) is 4.45. The van der Waals surface area contributed by atoms with Crippen molar-refractivity contribution in [3.05, 3.63) is 35.2 Å². The van der Waals surface area contributed by atoms with E-state index in [1.807, 2.05) is 30.3 Å². The number of carbonyl (C=O) groups excluding carboxylic acids is 2. The maximum absolute atomic E-state index is 11.7. The molecule has 0 radical (unpaired) electrons. The van der Waals surface area contributed by atoms with Gasteiger partial charge in [0.05, 0.1) is 0 Å². The van der Waals surface area contributed by atoms with E-state index in [0.29, 0.717) is 15.0 Å². The van der Waals surface area contributed by atoms with Crippen LogP contribution in [0.5, 0.6) is 0 Å². The highest BCUT2D eigenvalue weighted by atomic mass is 32.2.